The van der Waals surface area contributed by atoms with Crippen LogP contribution in [0.3, 0.4) is 0 Å². The Bertz CT molecular complexity index is 988. The fraction of sp³-hybridized carbons (Fsp3) is 0.458. The topological polar surface area (TPSA) is 51.6 Å². The number of halogens is 1. The summed E-state index contributed by atoms with van der Waals surface area (Å²) in [6.45, 7) is 11.9. The van der Waals surface area contributed by atoms with Gasteiger partial charge in [0.1, 0.15) is 17.3 Å². The van der Waals surface area contributed by atoms with Crippen LogP contribution < -0.4 is 10.2 Å². The van der Waals surface area contributed by atoms with E-state index in [1.165, 1.54) is 6.07 Å². The van der Waals surface area contributed by atoms with Crippen LogP contribution in [-0.2, 0) is 6.54 Å². The summed E-state index contributed by atoms with van der Waals surface area (Å²) in [5.74, 6) is 0.331. The highest BCUT2D eigenvalue weighted by Crippen LogP contribution is 2.25. The SMILES string of the molecule is CC[NH+](CC)CCC[C@@H](C)NC(=O)c1cc2oc(C)cc2n1Cc1ccccc1F. The van der Waals surface area contributed by atoms with Gasteiger partial charge in [-0.2, -0.15) is 0 Å². The molecule has 0 bridgehead atoms. The number of carbonyl (C=O) groups is 1. The van der Waals surface area contributed by atoms with Crippen molar-refractivity contribution < 1.29 is 18.5 Å². The zero-order chi connectivity index (χ0) is 21.7. The molecule has 2 aromatic heterocycles. The molecule has 1 aromatic carbocycles. The molecule has 0 fully saturated rings. The maximum atomic E-state index is 14.3. The summed E-state index contributed by atoms with van der Waals surface area (Å²) in [4.78, 5) is 14.6. The number of aryl methyl sites for hydroxylation is 1. The van der Waals surface area contributed by atoms with Gasteiger partial charge in [0, 0.05) is 23.7 Å². The minimum absolute atomic E-state index is 0.0670. The van der Waals surface area contributed by atoms with Crippen LogP contribution in [0.25, 0.3) is 11.1 Å². The molecule has 0 saturated heterocycles. The summed E-state index contributed by atoms with van der Waals surface area (Å²) >= 11 is 0. The number of amides is 1. The number of hydrogen-bond donors (Lipinski definition) is 2. The molecule has 0 aliphatic carbocycles. The first-order valence-electron chi connectivity index (χ1n) is 10.9. The smallest absolute Gasteiger partial charge is 0.268 e. The van der Waals surface area contributed by atoms with E-state index in [1.54, 1.807) is 29.2 Å². The van der Waals surface area contributed by atoms with E-state index >= 15 is 0 Å². The van der Waals surface area contributed by atoms with Gasteiger partial charge < -0.3 is 19.2 Å². The van der Waals surface area contributed by atoms with Crippen molar-refractivity contribution in [2.45, 2.75) is 53.1 Å². The van der Waals surface area contributed by atoms with Gasteiger partial charge in [0.15, 0.2) is 5.58 Å². The van der Waals surface area contributed by atoms with E-state index in [4.69, 9.17) is 4.42 Å². The fourth-order valence-corrected chi connectivity index (χ4v) is 3.95. The first-order valence-corrected chi connectivity index (χ1v) is 10.9. The second-order valence-corrected chi connectivity index (χ2v) is 8.04. The zero-order valence-electron chi connectivity index (χ0n) is 18.4. The van der Waals surface area contributed by atoms with Crippen LogP contribution >= 0.6 is 0 Å². The first kappa shape index (κ1) is 22.1. The summed E-state index contributed by atoms with van der Waals surface area (Å²) in [7, 11) is 0. The maximum absolute atomic E-state index is 14.3. The lowest BCUT2D eigenvalue weighted by Gasteiger charge is -2.18. The molecule has 0 unspecified atom stereocenters. The summed E-state index contributed by atoms with van der Waals surface area (Å²) in [6.07, 6.45) is 1.99. The number of furan rings is 1. The summed E-state index contributed by atoms with van der Waals surface area (Å²) in [5, 5.41) is 3.11. The Morgan fingerprint density at radius 3 is 2.67 bits per heavy atom. The molecule has 2 N–H and O–H groups in total. The van der Waals surface area contributed by atoms with Crippen LogP contribution in [0, 0.1) is 12.7 Å². The van der Waals surface area contributed by atoms with Crippen molar-refractivity contribution >= 4 is 17.0 Å². The molecular weight excluding hydrogens is 381 g/mol. The molecule has 0 aliphatic heterocycles. The third kappa shape index (κ3) is 5.11. The average Bonchev–Trinajstić information content (AvgIpc) is 3.24. The lowest BCUT2D eigenvalue weighted by Crippen LogP contribution is -3.11. The van der Waals surface area contributed by atoms with Gasteiger partial charge in [-0.15, -0.1) is 0 Å². The number of aromatic nitrogens is 1. The van der Waals surface area contributed by atoms with Crippen molar-refractivity contribution in [1.82, 2.24) is 9.88 Å². The largest absolute Gasteiger partial charge is 0.460 e. The standard InChI is InChI=1S/C24H32FN3O2/c1-5-27(6-2)13-9-10-17(3)26-24(29)22-15-23-21(14-18(4)30-23)28(22)16-19-11-7-8-12-20(19)25/h7-8,11-12,14-15,17H,5-6,9-10,13,16H2,1-4H3,(H,26,29)/p+1/t17-/m1/s1. The minimum atomic E-state index is -0.279. The molecule has 0 saturated carbocycles. The van der Waals surface area contributed by atoms with E-state index in [0.29, 0.717) is 16.8 Å². The Morgan fingerprint density at radius 2 is 1.97 bits per heavy atom. The third-order valence-electron chi connectivity index (χ3n) is 5.78. The van der Waals surface area contributed by atoms with Crippen LogP contribution in [-0.4, -0.2) is 36.2 Å². The molecule has 1 atom stereocenters. The summed E-state index contributed by atoms with van der Waals surface area (Å²) in [5.41, 5.74) is 2.48. The van der Waals surface area contributed by atoms with E-state index in [1.807, 2.05) is 24.5 Å². The molecule has 0 radical (unpaired) electrons. The number of fused-ring (bicyclic) bond motifs is 1. The molecule has 2 heterocycles. The van der Waals surface area contributed by atoms with E-state index in [9.17, 15) is 9.18 Å². The Hall–Kier alpha value is -2.60. The lowest BCUT2D eigenvalue weighted by molar-refractivity contribution is -0.896. The summed E-state index contributed by atoms with van der Waals surface area (Å²) < 4.78 is 21.8. The normalized spacial score (nSPS) is 12.6. The van der Waals surface area contributed by atoms with Crippen molar-refractivity contribution in [2.24, 2.45) is 0 Å². The molecule has 6 heteroatoms. The minimum Gasteiger partial charge on any atom is -0.460 e. The Kier molecular flexibility index (Phi) is 7.32. The molecule has 1 amide bonds. The number of benzene rings is 1. The van der Waals surface area contributed by atoms with Gasteiger partial charge in [0.05, 0.1) is 31.7 Å². The van der Waals surface area contributed by atoms with Crippen molar-refractivity contribution in [3.8, 4) is 0 Å². The quantitative estimate of drug-likeness (QED) is 0.533. The van der Waals surface area contributed by atoms with Gasteiger partial charge in [-0.1, -0.05) is 18.2 Å². The van der Waals surface area contributed by atoms with Crippen molar-refractivity contribution in [2.75, 3.05) is 19.6 Å². The monoisotopic (exact) mass is 414 g/mol. The summed E-state index contributed by atoms with van der Waals surface area (Å²) in [6, 6.07) is 10.4. The number of quaternary nitrogens is 1. The Morgan fingerprint density at radius 1 is 1.23 bits per heavy atom. The predicted molar refractivity (Wildman–Crippen MR) is 118 cm³/mol. The van der Waals surface area contributed by atoms with E-state index in [2.05, 4.69) is 19.2 Å². The number of nitrogens with zero attached hydrogens (tertiary/aromatic N) is 1. The Balaban J connectivity index is 1.75. The number of nitrogens with one attached hydrogen (secondary N) is 2. The van der Waals surface area contributed by atoms with Crippen LogP contribution in [0.4, 0.5) is 4.39 Å². The van der Waals surface area contributed by atoms with Crippen LogP contribution in [0.1, 0.15) is 55.4 Å². The van der Waals surface area contributed by atoms with Crippen molar-refractivity contribution in [3.63, 3.8) is 0 Å². The number of carbonyl (C=O) groups excluding carboxylic acids is 1. The van der Waals surface area contributed by atoms with Gasteiger partial charge in [-0.3, -0.25) is 4.79 Å². The lowest BCUT2D eigenvalue weighted by atomic mass is 10.1. The highest BCUT2D eigenvalue weighted by atomic mass is 19.1. The van der Waals surface area contributed by atoms with Crippen LogP contribution in [0.5, 0.6) is 0 Å². The molecule has 0 spiro atoms. The zero-order valence-corrected chi connectivity index (χ0v) is 18.4. The molecule has 5 nitrogen and oxygen atoms in total. The maximum Gasteiger partial charge on any atom is 0.268 e. The second kappa shape index (κ2) is 9.94. The van der Waals surface area contributed by atoms with Gasteiger partial charge in [-0.05, 0) is 46.6 Å². The van der Waals surface area contributed by atoms with Crippen molar-refractivity contribution in [1.29, 1.82) is 0 Å². The van der Waals surface area contributed by atoms with Gasteiger partial charge in [0.2, 0.25) is 0 Å². The molecular formula is C24H33FN3O2+. The van der Waals surface area contributed by atoms with Gasteiger partial charge in [-0.25, -0.2) is 4.39 Å². The van der Waals surface area contributed by atoms with E-state index in [0.717, 1.165) is 43.8 Å². The predicted octanol–water partition coefficient (Wildman–Crippen LogP) is 3.55. The molecule has 162 valence electrons. The molecule has 3 rings (SSSR count). The van der Waals surface area contributed by atoms with Crippen molar-refractivity contribution in [3.05, 3.63) is 59.2 Å². The van der Waals surface area contributed by atoms with E-state index < -0.39 is 0 Å². The van der Waals surface area contributed by atoms with E-state index in [-0.39, 0.29) is 24.3 Å². The average molecular weight is 415 g/mol. The van der Waals surface area contributed by atoms with Gasteiger partial charge >= 0.3 is 0 Å². The van der Waals surface area contributed by atoms with Crippen LogP contribution in [0.15, 0.2) is 40.8 Å². The highest BCUT2D eigenvalue weighted by Gasteiger charge is 2.20. The van der Waals surface area contributed by atoms with Crippen LogP contribution in [0.2, 0.25) is 0 Å². The van der Waals surface area contributed by atoms with Gasteiger partial charge in [0.25, 0.3) is 5.91 Å². The Labute approximate surface area is 177 Å². The highest BCUT2D eigenvalue weighted by molar-refractivity contribution is 5.97. The number of rotatable bonds is 10. The second-order valence-electron chi connectivity index (χ2n) is 8.04. The number of hydrogen-bond acceptors (Lipinski definition) is 2. The molecule has 3 aromatic rings. The fourth-order valence-electron chi connectivity index (χ4n) is 3.95. The third-order valence-corrected chi connectivity index (χ3v) is 5.78. The first-order chi connectivity index (χ1) is 14.4. The molecule has 30 heavy (non-hydrogen) atoms. The molecule has 0 aliphatic rings.